The quantitative estimate of drug-likeness (QED) is 0.687. The van der Waals surface area contributed by atoms with Crippen LogP contribution in [0.25, 0.3) is 0 Å². The van der Waals surface area contributed by atoms with Crippen molar-refractivity contribution in [2.24, 2.45) is 5.41 Å². The van der Waals surface area contributed by atoms with Gasteiger partial charge in [0.15, 0.2) is 5.97 Å². The topological polar surface area (TPSA) is 37.3 Å². The third-order valence-electron chi connectivity index (χ3n) is 3.61. The molecule has 0 saturated heterocycles. The van der Waals surface area contributed by atoms with Crippen LogP contribution in [0, 0.1) is 11.3 Å². The van der Waals surface area contributed by atoms with Crippen molar-refractivity contribution in [3.63, 3.8) is 0 Å². The molecule has 0 spiro atoms. The van der Waals surface area contributed by atoms with E-state index in [1.54, 1.807) is 0 Å². The number of rotatable bonds is 8. The molecule has 2 nitrogen and oxygen atoms in total. The molecule has 0 aromatic carbocycles. The Bertz CT molecular complexity index is 188. The summed E-state index contributed by atoms with van der Waals surface area (Å²) in [7, 11) is 0. The number of unbranched alkanes of at least 4 members (excludes halogenated alkanes) is 1. The second-order valence-corrected chi connectivity index (χ2v) is 4.23. The molecule has 1 N–H and O–H groups in total. The van der Waals surface area contributed by atoms with E-state index in [1.807, 2.05) is 6.92 Å². The normalized spacial score (nSPS) is 10.8. The summed E-state index contributed by atoms with van der Waals surface area (Å²) in [6, 6.07) is 0. The number of hydrogen-bond acceptors (Lipinski definition) is 1. The van der Waals surface area contributed by atoms with E-state index in [0.717, 1.165) is 38.0 Å². The maximum atomic E-state index is 11.2. The molecule has 3 heteroatoms. The van der Waals surface area contributed by atoms with Gasteiger partial charge in [0.1, 0.15) is 0 Å². The SMILES string of the molecule is CCCCC(CC)(CC)[C-](CC)C(=O)O.[Zr]. The maximum Gasteiger partial charge on any atom is 0.167 e. The summed E-state index contributed by atoms with van der Waals surface area (Å²) in [5.41, 5.74) is -0.0589. The van der Waals surface area contributed by atoms with Gasteiger partial charge in [0, 0.05) is 26.2 Å². The minimum atomic E-state index is -0.697. The number of aliphatic carboxylic acids is 1. The van der Waals surface area contributed by atoms with E-state index in [-0.39, 0.29) is 31.6 Å². The second kappa shape index (κ2) is 9.27. The van der Waals surface area contributed by atoms with E-state index >= 15 is 0 Å². The van der Waals surface area contributed by atoms with Crippen molar-refractivity contribution in [1.29, 1.82) is 0 Å². The molecule has 0 heterocycles. The molecule has 0 bridgehead atoms. The van der Waals surface area contributed by atoms with Crippen LogP contribution in [0.1, 0.15) is 66.2 Å². The summed E-state index contributed by atoms with van der Waals surface area (Å²) in [4.78, 5) is 11.2. The van der Waals surface area contributed by atoms with E-state index in [2.05, 4.69) is 20.8 Å². The van der Waals surface area contributed by atoms with Gasteiger partial charge in [0.05, 0.1) is 0 Å². The Hall–Kier alpha value is 0.223. The van der Waals surface area contributed by atoms with Gasteiger partial charge in [-0.15, -0.1) is 5.41 Å². The zero-order chi connectivity index (χ0) is 11.9. The van der Waals surface area contributed by atoms with E-state index in [1.165, 1.54) is 0 Å². The van der Waals surface area contributed by atoms with Gasteiger partial charge in [0.2, 0.25) is 0 Å². The minimum absolute atomic E-state index is 0. The van der Waals surface area contributed by atoms with Gasteiger partial charge < -0.3 is 5.11 Å². The van der Waals surface area contributed by atoms with Crippen LogP contribution in [-0.4, -0.2) is 11.1 Å². The van der Waals surface area contributed by atoms with Gasteiger partial charge in [-0.2, -0.15) is 6.42 Å². The number of carboxylic acid groups (broad SMARTS) is 1. The fourth-order valence-electron chi connectivity index (χ4n) is 2.45. The molecule has 0 radical (unpaired) electrons. The van der Waals surface area contributed by atoms with Gasteiger partial charge in [-0.25, -0.2) is 0 Å². The van der Waals surface area contributed by atoms with Crippen LogP contribution in [0.3, 0.4) is 0 Å². The molecule has 0 aliphatic heterocycles. The fourth-order valence-corrected chi connectivity index (χ4v) is 2.45. The zero-order valence-electron chi connectivity index (χ0n) is 11.1. The van der Waals surface area contributed by atoms with Crippen LogP contribution in [0.2, 0.25) is 0 Å². The second-order valence-electron chi connectivity index (χ2n) is 4.23. The van der Waals surface area contributed by atoms with Crippen LogP contribution >= 0.6 is 0 Å². The van der Waals surface area contributed by atoms with E-state index in [0.29, 0.717) is 6.42 Å². The molecule has 0 aliphatic carbocycles. The Balaban J connectivity index is 0. The van der Waals surface area contributed by atoms with Crippen molar-refractivity contribution in [3.05, 3.63) is 5.92 Å². The smallest absolute Gasteiger partial charge is 0.167 e. The van der Waals surface area contributed by atoms with Gasteiger partial charge in [-0.3, -0.25) is 10.7 Å². The summed E-state index contributed by atoms with van der Waals surface area (Å²) in [5, 5.41) is 9.23. The summed E-state index contributed by atoms with van der Waals surface area (Å²) in [6.45, 7) is 8.33. The van der Waals surface area contributed by atoms with Crippen molar-refractivity contribution in [1.82, 2.24) is 0 Å². The molecule has 0 fully saturated rings. The Kier molecular flexibility index (Phi) is 10.8. The first kappa shape index (κ1) is 18.6. The Morgan fingerprint density at radius 1 is 1.19 bits per heavy atom. The molecular weight excluding hydrogens is 279 g/mol. The summed E-state index contributed by atoms with van der Waals surface area (Å²) < 4.78 is 0. The molecule has 0 aliphatic rings. The molecule has 0 saturated carbocycles. The van der Waals surface area contributed by atoms with E-state index in [9.17, 15) is 9.90 Å². The first-order valence-corrected chi connectivity index (χ1v) is 6.17. The number of carbonyl (C=O) groups is 1. The molecule has 0 amide bonds. The van der Waals surface area contributed by atoms with Gasteiger partial charge in [-0.1, -0.05) is 59.8 Å². The molecular formula is C13H25O2Zr-. The molecule has 0 atom stereocenters. The predicted octanol–water partition coefficient (Wildman–Crippen LogP) is 4.05. The standard InChI is InChI=1S/C13H25O2.Zr/c1-5-9-10-13(7-3,8-4)11(6-2)12(14)15;/h5-10H2,1-4H3,(H,14,15);/q-1;. The van der Waals surface area contributed by atoms with Crippen LogP contribution < -0.4 is 0 Å². The number of hydrogen-bond donors (Lipinski definition) is 1. The molecule has 0 aromatic rings. The summed E-state index contributed by atoms with van der Waals surface area (Å²) in [6.07, 6.45) is 5.83. The molecule has 0 rings (SSSR count). The molecule has 94 valence electrons. The average Bonchev–Trinajstić information content (AvgIpc) is 2.24. The van der Waals surface area contributed by atoms with Crippen molar-refractivity contribution in [2.75, 3.05) is 0 Å². The fraction of sp³-hybridized carbons (Fsp3) is 0.846. The molecule has 0 unspecified atom stereocenters. The largest absolute Gasteiger partial charge is 0.503 e. The minimum Gasteiger partial charge on any atom is -0.503 e. The third kappa shape index (κ3) is 4.61. The Labute approximate surface area is 119 Å². The van der Waals surface area contributed by atoms with Gasteiger partial charge >= 0.3 is 0 Å². The van der Waals surface area contributed by atoms with Crippen molar-refractivity contribution >= 4 is 5.97 Å². The van der Waals surface area contributed by atoms with Crippen LogP contribution in [0.4, 0.5) is 0 Å². The Morgan fingerprint density at radius 2 is 1.69 bits per heavy atom. The predicted molar refractivity (Wildman–Crippen MR) is 63.7 cm³/mol. The first-order chi connectivity index (χ1) is 7.07. The van der Waals surface area contributed by atoms with E-state index in [4.69, 9.17) is 0 Å². The third-order valence-corrected chi connectivity index (χ3v) is 3.61. The van der Waals surface area contributed by atoms with Crippen LogP contribution in [0.15, 0.2) is 0 Å². The summed E-state index contributed by atoms with van der Waals surface area (Å²) in [5.74, 6) is 0.0262. The van der Waals surface area contributed by atoms with Gasteiger partial charge in [-0.05, 0) is 0 Å². The van der Waals surface area contributed by atoms with Crippen molar-refractivity contribution < 1.29 is 36.1 Å². The maximum absolute atomic E-state index is 11.2. The Morgan fingerprint density at radius 3 is 1.94 bits per heavy atom. The van der Waals surface area contributed by atoms with Crippen LogP contribution in [0.5, 0.6) is 0 Å². The first-order valence-electron chi connectivity index (χ1n) is 6.17. The molecule has 16 heavy (non-hydrogen) atoms. The van der Waals surface area contributed by atoms with Crippen molar-refractivity contribution in [2.45, 2.75) is 66.2 Å². The number of carboxylic acids is 1. The van der Waals surface area contributed by atoms with Crippen LogP contribution in [-0.2, 0) is 31.0 Å². The average molecular weight is 305 g/mol. The summed E-state index contributed by atoms with van der Waals surface area (Å²) >= 11 is 0. The zero-order valence-corrected chi connectivity index (χ0v) is 13.6. The molecule has 0 aromatic heterocycles. The monoisotopic (exact) mass is 303 g/mol. The van der Waals surface area contributed by atoms with Crippen molar-refractivity contribution in [3.8, 4) is 0 Å². The van der Waals surface area contributed by atoms with E-state index < -0.39 is 5.97 Å². The van der Waals surface area contributed by atoms with Gasteiger partial charge in [0.25, 0.3) is 0 Å².